The normalized spacial score (nSPS) is 27.9. The monoisotopic (exact) mass is 278 g/mol. The Kier molecular flexibility index (Phi) is 4.58. The van der Waals surface area contributed by atoms with Crippen molar-refractivity contribution < 1.29 is 4.74 Å². The molecule has 1 aromatic rings. The van der Waals surface area contributed by atoms with Crippen molar-refractivity contribution >= 4 is 5.69 Å². The molecule has 1 aromatic heterocycles. The first-order valence-electron chi connectivity index (χ1n) is 7.86. The summed E-state index contributed by atoms with van der Waals surface area (Å²) >= 11 is 0. The Bertz CT molecular complexity index is 414. The third-order valence-electron chi connectivity index (χ3n) is 4.36. The molecule has 0 saturated carbocycles. The van der Waals surface area contributed by atoms with Gasteiger partial charge in [0.1, 0.15) is 0 Å². The minimum Gasteiger partial charge on any atom is -0.382 e. The third-order valence-corrected chi connectivity index (χ3v) is 4.36. The second-order valence-electron chi connectivity index (χ2n) is 6.24. The SMILES string of the molecule is CN1CCCC(CNc2cnn(CC3CCCO3)c2)C1. The second-order valence-corrected chi connectivity index (χ2v) is 6.24. The van der Waals surface area contributed by atoms with Crippen molar-refractivity contribution in [1.82, 2.24) is 14.7 Å². The summed E-state index contributed by atoms with van der Waals surface area (Å²) in [7, 11) is 2.21. The highest BCUT2D eigenvalue weighted by molar-refractivity contribution is 5.38. The zero-order valence-electron chi connectivity index (χ0n) is 12.4. The van der Waals surface area contributed by atoms with Gasteiger partial charge < -0.3 is 15.0 Å². The van der Waals surface area contributed by atoms with Gasteiger partial charge in [-0.1, -0.05) is 0 Å². The topological polar surface area (TPSA) is 42.3 Å². The van der Waals surface area contributed by atoms with E-state index in [0.717, 1.165) is 37.7 Å². The van der Waals surface area contributed by atoms with Gasteiger partial charge in [-0.25, -0.2) is 0 Å². The Morgan fingerprint density at radius 3 is 3.15 bits per heavy atom. The van der Waals surface area contributed by atoms with Gasteiger partial charge in [-0.15, -0.1) is 0 Å². The average Bonchev–Trinajstić information content (AvgIpc) is 3.09. The van der Waals surface area contributed by atoms with Gasteiger partial charge in [0.2, 0.25) is 0 Å². The molecule has 2 unspecified atom stereocenters. The summed E-state index contributed by atoms with van der Waals surface area (Å²) in [5, 5.41) is 7.95. The molecular formula is C15H26N4O. The number of hydrogen-bond acceptors (Lipinski definition) is 4. The highest BCUT2D eigenvalue weighted by Crippen LogP contribution is 2.17. The molecule has 2 fully saturated rings. The molecule has 5 heteroatoms. The van der Waals surface area contributed by atoms with Gasteiger partial charge in [-0.2, -0.15) is 5.10 Å². The van der Waals surface area contributed by atoms with E-state index >= 15 is 0 Å². The van der Waals surface area contributed by atoms with Crippen LogP contribution in [0.1, 0.15) is 25.7 Å². The highest BCUT2D eigenvalue weighted by Gasteiger charge is 2.18. The van der Waals surface area contributed by atoms with Gasteiger partial charge in [0, 0.05) is 25.9 Å². The van der Waals surface area contributed by atoms with Gasteiger partial charge in [0.25, 0.3) is 0 Å². The Balaban J connectivity index is 1.44. The number of likely N-dealkylation sites (tertiary alicyclic amines) is 1. The molecule has 1 N–H and O–H groups in total. The van der Waals surface area contributed by atoms with Crippen LogP contribution in [0.15, 0.2) is 12.4 Å². The largest absolute Gasteiger partial charge is 0.382 e. The molecule has 112 valence electrons. The smallest absolute Gasteiger partial charge is 0.0771 e. The number of piperidine rings is 1. The van der Waals surface area contributed by atoms with E-state index in [1.807, 2.05) is 10.9 Å². The fraction of sp³-hybridized carbons (Fsp3) is 0.800. The molecule has 0 radical (unpaired) electrons. The van der Waals surface area contributed by atoms with E-state index in [0.29, 0.717) is 6.10 Å². The second kappa shape index (κ2) is 6.59. The van der Waals surface area contributed by atoms with Gasteiger partial charge in [0.15, 0.2) is 0 Å². The van der Waals surface area contributed by atoms with E-state index in [-0.39, 0.29) is 0 Å². The first-order chi connectivity index (χ1) is 9.79. The molecule has 20 heavy (non-hydrogen) atoms. The molecule has 0 aliphatic carbocycles. The van der Waals surface area contributed by atoms with Crippen molar-refractivity contribution in [3.05, 3.63) is 12.4 Å². The Morgan fingerprint density at radius 2 is 2.35 bits per heavy atom. The van der Waals surface area contributed by atoms with Gasteiger partial charge in [-0.05, 0) is 45.2 Å². The van der Waals surface area contributed by atoms with Crippen molar-refractivity contribution in [2.45, 2.75) is 38.3 Å². The zero-order valence-corrected chi connectivity index (χ0v) is 12.4. The van der Waals surface area contributed by atoms with Gasteiger partial charge >= 0.3 is 0 Å². The van der Waals surface area contributed by atoms with Crippen LogP contribution in [0.25, 0.3) is 0 Å². The fourth-order valence-corrected chi connectivity index (χ4v) is 3.25. The van der Waals surface area contributed by atoms with Crippen LogP contribution in [0, 0.1) is 5.92 Å². The molecular weight excluding hydrogens is 252 g/mol. The first-order valence-corrected chi connectivity index (χ1v) is 7.86. The van der Waals surface area contributed by atoms with Crippen LogP contribution in [0.2, 0.25) is 0 Å². The van der Waals surface area contributed by atoms with Crippen molar-refractivity contribution in [1.29, 1.82) is 0 Å². The summed E-state index contributed by atoms with van der Waals surface area (Å²) in [4.78, 5) is 2.43. The summed E-state index contributed by atoms with van der Waals surface area (Å²) in [6.45, 7) is 5.29. The Labute approximate surface area is 121 Å². The van der Waals surface area contributed by atoms with Crippen molar-refractivity contribution in [3.8, 4) is 0 Å². The first kappa shape index (κ1) is 13.9. The summed E-state index contributed by atoms with van der Waals surface area (Å²) in [5.41, 5.74) is 1.14. The standard InChI is InChI=1S/C15H26N4O/c1-18-6-2-4-13(10-18)8-16-14-9-17-19(11-14)12-15-5-3-7-20-15/h9,11,13,15-16H,2-8,10,12H2,1H3. The number of rotatable bonds is 5. The molecule has 0 bridgehead atoms. The molecule has 3 rings (SSSR count). The summed E-state index contributed by atoms with van der Waals surface area (Å²) in [5.74, 6) is 0.760. The summed E-state index contributed by atoms with van der Waals surface area (Å²) in [6.07, 6.45) is 9.40. The van der Waals surface area contributed by atoms with Crippen LogP contribution in [0.5, 0.6) is 0 Å². The van der Waals surface area contributed by atoms with E-state index in [9.17, 15) is 0 Å². The number of nitrogens with zero attached hydrogens (tertiary/aromatic N) is 3. The number of ether oxygens (including phenoxy) is 1. The lowest BCUT2D eigenvalue weighted by atomic mass is 9.98. The Morgan fingerprint density at radius 1 is 1.40 bits per heavy atom. The molecule has 2 atom stereocenters. The Hall–Kier alpha value is -1.07. The number of nitrogens with one attached hydrogen (secondary N) is 1. The maximum absolute atomic E-state index is 5.65. The molecule has 2 aliphatic rings. The average molecular weight is 278 g/mol. The van der Waals surface area contributed by atoms with Gasteiger partial charge in [-0.3, -0.25) is 4.68 Å². The van der Waals surface area contributed by atoms with Crippen LogP contribution in [0.3, 0.4) is 0 Å². The molecule has 2 aliphatic heterocycles. The fourth-order valence-electron chi connectivity index (χ4n) is 3.25. The maximum Gasteiger partial charge on any atom is 0.0771 e. The summed E-state index contributed by atoms with van der Waals surface area (Å²) < 4.78 is 7.65. The van der Waals surface area contributed by atoms with E-state index in [2.05, 4.69) is 28.6 Å². The van der Waals surface area contributed by atoms with Gasteiger partial charge in [0.05, 0.1) is 24.5 Å². The molecule has 3 heterocycles. The van der Waals surface area contributed by atoms with E-state index in [1.54, 1.807) is 0 Å². The minimum atomic E-state index is 0.356. The van der Waals surface area contributed by atoms with Crippen LogP contribution in [-0.2, 0) is 11.3 Å². The number of hydrogen-bond donors (Lipinski definition) is 1. The zero-order chi connectivity index (χ0) is 13.8. The molecule has 5 nitrogen and oxygen atoms in total. The van der Waals surface area contributed by atoms with Crippen molar-refractivity contribution in [2.75, 3.05) is 38.6 Å². The van der Waals surface area contributed by atoms with E-state index in [4.69, 9.17) is 4.74 Å². The predicted molar refractivity (Wildman–Crippen MR) is 79.9 cm³/mol. The quantitative estimate of drug-likeness (QED) is 0.892. The van der Waals surface area contributed by atoms with E-state index < -0.39 is 0 Å². The lowest BCUT2D eigenvalue weighted by Crippen LogP contribution is -2.35. The molecule has 0 aromatic carbocycles. The minimum absolute atomic E-state index is 0.356. The lowest BCUT2D eigenvalue weighted by molar-refractivity contribution is 0.0940. The van der Waals surface area contributed by atoms with Crippen LogP contribution >= 0.6 is 0 Å². The number of anilines is 1. The van der Waals surface area contributed by atoms with Crippen LogP contribution in [0.4, 0.5) is 5.69 Å². The lowest BCUT2D eigenvalue weighted by Gasteiger charge is -2.29. The van der Waals surface area contributed by atoms with Crippen molar-refractivity contribution in [2.24, 2.45) is 5.92 Å². The van der Waals surface area contributed by atoms with E-state index in [1.165, 1.54) is 32.4 Å². The highest BCUT2D eigenvalue weighted by atomic mass is 16.5. The maximum atomic E-state index is 5.65. The predicted octanol–water partition coefficient (Wildman–Crippen LogP) is 1.82. The molecule has 0 spiro atoms. The van der Waals surface area contributed by atoms with Crippen LogP contribution < -0.4 is 5.32 Å². The van der Waals surface area contributed by atoms with Crippen LogP contribution in [-0.4, -0.2) is 54.1 Å². The van der Waals surface area contributed by atoms with Crippen molar-refractivity contribution in [3.63, 3.8) is 0 Å². The summed E-state index contributed by atoms with van der Waals surface area (Å²) in [6, 6.07) is 0. The number of aromatic nitrogens is 2. The third kappa shape index (κ3) is 3.73. The molecule has 2 saturated heterocycles. The molecule has 0 amide bonds.